The zero-order valence-corrected chi connectivity index (χ0v) is 13.4. The molecular formula is C14H20ClNO2S. The Hall–Kier alpha value is -0.610. The van der Waals surface area contributed by atoms with Gasteiger partial charge in [-0.2, -0.15) is 11.8 Å². The summed E-state index contributed by atoms with van der Waals surface area (Å²) in [5, 5.41) is 0.226. The van der Waals surface area contributed by atoms with Crippen molar-refractivity contribution in [1.82, 2.24) is 0 Å². The fourth-order valence-corrected chi connectivity index (χ4v) is 3.88. The van der Waals surface area contributed by atoms with E-state index in [9.17, 15) is 4.79 Å². The first-order valence-corrected chi connectivity index (χ1v) is 8.17. The van der Waals surface area contributed by atoms with Crippen molar-refractivity contribution in [3.8, 4) is 0 Å². The molecule has 0 saturated heterocycles. The largest absolute Gasteiger partial charge is 0.426 e. The molecule has 0 fully saturated rings. The highest BCUT2D eigenvalue weighted by atomic mass is 35.5. The van der Waals surface area contributed by atoms with Crippen molar-refractivity contribution in [2.75, 3.05) is 10.7 Å². The third-order valence-electron chi connectivity index (χ3n) is 3.32. The van der Waals surface area contributed by atoms with Crippen molar-refractivity contribution in [2.45, 2.75) is 52.0 Å². The maximum absolute atomic E-state index is 11.9. The Labute approximate surface area is 123 Å². The van der Waals surface area contributed by atoms with Gasteiger partial charge in [-0.15, -0.1) is 0 Å². The lowest BCUT2D eigenvalue weighted by molar-refractivity contribution is 0.456. The molecule has 0 radical (unpaired) electrons. The third-order valence-corrected chi connectivity index (χ3v) is 4.64. The molecule has 2 heterocycles. The lowest BCUT2D eigenvalue weighted by Gasteiger charge is -2.36. The molecule has 0 saturated carbocycles. The standard InChI is InChI=1S/C14H20ClNO2S/c1-8(2)16(9(3)4)13-10-7-19-6-5-11(10)18-14(17)12(13)15/h8-9H,5-7H2,1-4H3. The Morgan fingerprint density at radius 3 is 2.47 bits per heavy atom. The van der Waals surface area contributed by atoms with E-state index in [2.05, 4.69) is 32.6 Å². The lowest BCUT2D eigenvalue weighted by atomic mass is 10.1. The molecule has 0 atom stereocenters. The van der Waals surface area contributed by atoms with Crippen LogP contribution in [0.25, 0.3) is 0 Å². The van der Waals surface area contributed by atoms with Crippen molar-refractivity contribution >= 4 is 29.1 Å². The number of hydrogen-bond acceptors (Lipinski definition) is 4. The highest BCUT2D eigenvalue weighted by molar-refractivity contribution is 7.98. The molecular weight excluding hydrogens is 282 g/mol. The van der Waals surface area contributed by atoms with Gasteiger partial charge in [-0.25, -0.2) is 4.79 Å². The Balaban J connectivity index is 2.66. The second kappa shape index (κ2) is 5.80. The maximum Gasteiger partial charge on any atom is 0.357 e. The monoisotopic (exact) mass is 301 g/mol. The van der Waals surface area contributed by atoms with Crippen molar-refractivity contribution in [2.24, 2.45) is 0 Å². The minimum atomic E-state index is -0.409. The topological polar surface area (TPSA) is 33.5 Å². The van der Waals surface area contributed by atoms with Gasteiger partial charge in [-0.05, 0) is 27.7 Å². The third kappa shape index (κ3) is 2.79. The molecule has 0 unspecified atom stereocenters. The van der Waals surface area contributed by atoms with Crippen molar-refractivity contribution in [3.63, 3.8) is 0 Å². The summed E-state index contributed by atoms with van der Waals surface area (Å²) in [4.78, 5) is 14.1. The average molecular weight is 302 g/mol. The summed E-state index contributed by atoms with van der Waals surface area (Å²) in [7, 11) is 0. The van der Waals surface area contributed by atoms with Gasteiger partial charge in [-0.3, -0.25) is 0 Å². The van der Waals surface area contributed by atoms with Gasteiger partial charge < -0.3 is 9.32 Å². The first kappa shape index (κ1) is 14.8. The van der Waals surface area contributed by atoms with Crippen LogP contribution in [0, 0.1) is 0 Å². The van der Waals surface area contributed by atoms with Gasteiger partial charge in [0.15, 0.2) is 0 Å². The molecule has 1 aromatic heterocycles. The van der Waals surface area contributed by atoms with Crippen LogP contribution in [-0.2, 0) is 12.2 Å². The second-order valence-electron chi connectivity index (χ2n) is 5.35. The van der Waals surface area contributed by atoms with E-state index in [1.165, 1.54) is 0 Å². The Morgan fingerprint density at radius 2 is 1.89 bits per heavy atom. The molecule has 106 valence electrons. The maximum atomic E-state index is 11.9. The van der Waals surface area contributed by atoms with Crippen molar-refractivity contribution in [3.05, 3.63) is 26.8 Å². The van der Waals surface area contributed by atoms with E-state index < -0.39 is 5.63 Å². The Kier molecular flexibility index (Phi) is 4.51. The number of halogens is 1. The summed E-state index contributed by atoms with van der Waals surface area (Å²) in [6.45, 7) is 8.47. The Morgan fingerprint density at radius 1 is 1.26 bits per heavy atom. The first-order chi connectivity index (χ1) is 8.93. The smallest absolute Gasteiger partial charge is 0.357 e. The predicted octanol–water partition coefficient (Wildman–Crippen LogP) is 3.71. The molecule has 0 N–H and O–H groups in total. The lowest BCUT2D eigenvalue weighted by Crippen LogP contribution is -2.39. The van der Waals surface area contributed by atoms with Crippen LogP contribution in [0.4, 0.5) is 5.69 Å². The molecule has 19 heavy (non-hydrogen) atoms. The summed E-state index contributed by atoms with van der Waals surface area (Å²) >= 11 is 8.12. The van der Waals surface area contributed by atoms with Gasteiger partial charge in [0.05, 0.1) is 5.69 Å². The van der Waals surface area contributed by atoms with Crippen molar-refractivity contribution < 1.29 is 4.42 Å². The van der Waals surface area contributed by atoms with E-state index in [1.807, 2.05) is 11.8 Å². The molecule has 0 aliphatic carbocycles. The number of hydrogen-bond donors (Lipinski definition) is 0. The molecule has 0 bridgehead atoms. The molecule has 5 heteroatoms. The van der Waals surface area contributed by atoms with Gasteiger partial charge >= 0.3 is 5.63 Å². The van der Waals surface area contributed by atoms with Crippen LogP contribution < -0.4 is 10.5 Å². The zero-order chi connectivity index (χ0) is 14.2. The molecule has 3 nitrogen and oxygen atoms in total. The van der Waals surface area contributed by atoms with E-state index >= 15 is 0 Å². The number of fused-ring (bicyclic) bond motifs is 1. The summed E-state index contributed by atoms with van der Waals surface area (Å²) in [5.41, 5.74) is 1.57. The number of thioether (sulfide) groups is 1. The van der Waals surface area contributed by atoms with Crippen LogP contribution in [0.1, 0.15) is 39.0 Å². The Bertz CT molecular complexity index is 517. The fraction of sp³-hybridized carbons (Fsp3) is 0.643. The normalized spacial score (nSPS) is 14.9. The van der Waals surface area contributed by atoms with E-state index in [0.717, 1.165) is 34.9 Å². The first-order valence-electron chi connectivity index (χ1n) is 6.64. The molecule has 2 rings (SSSR count). The van der Waals surface area contributed by atoms with Gasteiger partial charge in [-0.1, -0.05) is 11.6 Å². The highest BCUT2D eigenvalue weighted by Crippen LogP contribution is 2.37. The van der Waals surface area contributed by atoms with Gasteiger partial charge in [0.2, 0.25) is 0 Å². The molecule has 1 aliphatic heterocycles. The fourth-order valence-electron chi connectivity index (χ4n) is 2.65. The van der Waals surface area contributed by atoms with Crippen LogP contribution in [-0.4, -0.2) is 17.8 Å². The number of anilines is 1. The minimum Gasteiger partial charge on any atom is -0.426 e. The van der Waals surface area contributed by atoms with Crippen LogP contribution >= 0.6 is 23.4 Å². The number of aryl methyl sites for hydroxylation is 1. The molecule has 0 amide bonds. The SMILES string of the molecule is CC(C)N(c1c2c(oc(=O)c1Cl)CCSC2)C(C)C. The summed E-state index contributed by atoms with van der Waals surface area (Å²) in [6.07, 6.45) is 0.809. The number of rotatable bonds is 3. The van der Waals surface area contributed by atoms with E-state index in [-0.39, 0.29) is 17.1 Å². The minimum absolute atomic E-state index is 0.226. The summed E-state index contributed by atoms with van der Waals surface area (Å²) in [5.74, 6) is 2.68. The van der Waals surface area contributed by atoms with Gasteiger partial charge in [0, 0.05) is 35.6 Å². The van der Waals surface area contributed by atoms with Crippen LogP contribution in [0.3, 0.4) is 0 Å². The van der Waals surface area contributed by atoms with Crippen LogP contribution in [0.5, 0.6) is 0 Å². The highest BCUT2D eigenvalue weighted by Gasteiger charge is 2.27. The summed E-state index contributed by atoms with van der Waals surface area (Å²) in [6, 6.07) is 0.575. The molecule has 0 spiro atoms. The zero-order valence-electron chi connectivity index (χ0n) is 11.8. The van der Waals surface area contributed by atoms with Crippen LogP contribution in [0.2, 0.25) is 5.02 Å². The number of nitrogens with zero attached hydrogens (tertiary/aromatic N) is 1. The molecule has 0 aromatic carbocycles. The van der Waals surface area contributed by atoms with Gasteiger partial charge in [0.1, 0.15) is 10.8 Å². The van der Waals surface area contributed by atoms with Gasteiger partial charge in [0.25, 0.3) is 0 Å². The van der Waals surface area contributed by atoms with E-state index in [0.29, 0.717) is 0 Å². The van der Waals surface area contributed by atoms with Crippen LogP contribution in [0.15, 0.2) is 9.21 Å². The average Bonchev–Trinajstić information content (AvgIpc) is 2.33. The van der Waals surface area contributed by atoms with Crippen molar-refractivity contribution in [1.29, 1.82) is 0 Å². The van der Waals surface area contributed by atoms with E-state index in [1.54, 1.807) is 0 Å². The molecule has 1 aromatic rings. The quantitative estimate of drug-likeness (QED) is 0.852. The summed E-state index contributed by atoms with van der Waals surface area (Å²) < 4.78 is 5.35. The predicted molar refractivity (Wildman–Crippen MR) is 82.6 cm³/mol. The molecule has 1 aliphatic rings. The second-order valence-corrected chi connectivity index (χ2v) is 6.83. The van der Waals surface area contributed by atoms with E-state index in [4.69, 9.17) is 16.0 Å².